The Balaban J connectivity index is 1.77. The van der Waals surface area contributed by atoms with Gasteiger partial charge in [0.2, 0.25) is 5.91 Å². The summed E-state index contributed by atoms with van der Waals surface area (Å²) >= 11 is 5.78. The molecule has 0 atom stereocenters. The minimum absolute atomic E-state index is 0.00622. The summed E-state index contributed by atoms with van der Waals surface area (Å²) in [6, 6.07) is 6.90. The molecule has 1 heterocycles. The fourth-order valence-corrected chi connectivity index (χ4v) is 2.49. The molecule has 0 aromatic heterocycles. The molecule has 1 aliphatic heterocycles. The summed E-state index contributed by atoms with van der Waals surface area (Å²) in [4.78, 5) is 25.3. The van der Waals surface area contributed by atoms with Crippen molar-refractivity contribution in [3.8, 4) is 5.75 Å². The number of rotatable bonds is 4. The van der Waals surface area contributed by atoms with Crippen molar-refractivity contribution in [2.75, 3.05) is 26.7 Å². The molecule has 0 radical (unpaired) electrons. The molecule has 5 nitrogen and oxygen atoms in total. The van der Waals surface area contributed by atoms with Crippen LogP contribution in [0.25, 0.3) is 0 Å². The lowest BCUT2D eigenvalue weighted by Gasteiger charge is -2.31. The van der Waals surface area contributed by atoms with Gasteiger partial charge in [0.25, 0.3) is 5.91 Å². The van der Waals surface area contributed by atoms with Crippen LogP contribution in [0.1, 0.15) is 12.8 Å². The fourth-order valence-electron chi connectivity index (χ4n) is 2.36. The topological polar surface area (TPSA) is 58.6 Å². The molecule has 1 N–H and O–H groups in total. The number of nitrogens with zero attached hydrogens (tertiary/aromatic N) is 1. The monoisotopic (exact) mass is 310 g/mol. The van der Waals surface area contributed by atoms with Gasteiger partial charge in [-0.15, -0.1) is 0 Å². The Morgan fingerprint density at radius 3 is 2.48 bits per heavy atom. The zero-order valence-electron chi connectivity index (χ0n) is 12.0. The summed E-state index contributed by atoms with van der Waals surface area (Å²) in [6.07, 6.45) is 1.40. The van der Waals surface area contributed by atoms with Gasteiger partial charge < -0.3 is 15.0 Å². The van der Waals surface area contributed by atoms with Crippen LogP contribution in [0.3, 0.4) is 0 Å². The first kappa shape index (κ1) is 15.6. The van der Waals surface area contributed by atoms with Crippen molar-refractivity contribution in [3.63, 3.8) is 0 Å². The maximum Gasteiger partial charge on any atom is 0.260 e. The number of benzene rings is 1. The molecule has 1 saturated heterocycles. The second-order valence-corrected chi connectivity index (χ2v) is 5.45. The summed E-state index contributed by atoms with van der Waals surface area (Å²) in [7, 11) is 1.64. The Kier molecular flexibility index (Phi) is 5.44. The summed E-state index contributed by atoms with van der Waals surface area (Å²) in [5, 5.41) is 3.28. The molecular formula is C15H19ClN2O3. The molecule has 21 heavy (non-hydrogen) atoms. The van der Waals surface area contributed by atoms with Gasteiger partial charge in [-0.25, -0.2) is 0 Å². The van der Waals surface area contributed by atoms with E-state index < -0.39 is 0 Å². The molecule has 6 heteroatoms. The van der Waals surface area contributed by atoms with Crippen molar-refractivity contribution < 1.29 is 14.3 Å². The molecule has 1 aliphatic rings. The van der Waals surface area contributed by atoms with E-state index in [9.17, 15) is 9.59 Å². The van der Waals surface area contributed by atoms with Gasteiger partial charge >= 0.3 is 0 Å². The highest BCUT2D eigenvalue weighted by Gasteiger charge is 2.26. The Bertz CT molecular complexity index is 496. The van der Waals surface area contributed by atoms with E-state index in [4.69, 9.17) is 16.3 Å². The highest BCUT2D eigenvalue weighted by Crippen LogP contribution is 2.18. The van der Waals surface area contributed by atoms with Crippen molar-refractivity contribution in [3.05, 3.63) is 29.3 Å². The number of hydrogen-bond acceptors (Lipinski definition) is 3. The quantitative estimate of drug-likeness (QED) is 0.921. The van der Waals surface area contributed by atoms with E-state index in [0.29, 0.717) is 36.7 Å². The normalized spacial score (nSPS) is 15.6. The third-order valence-corrected chi connectivity index (χ3v) is 3.89. The first-order valence-corrected chi connectivity index (χ1v) is 7.35. The van der Waals surface area contributed by atoms with Gasteiger partial charge in [-0.2, -0.15) is 0 Å². The number of carbonyl (C=O) groups excluding carboxylic acids is 2. The van der Waals surface area contributed by atoms with Crippen LogP contribution in [0, 0.1) is 5.92 Å². The van der Waals surface area contributed by atoms with Crippen LogP contribution in [-0.2, 0) is 9.59 Å². The number of carbonyl (C=O) groups is 2. The summed E-state index contributed by atoms with van der Waals surface area (Å²) in [6.45, 7) is 1.20. The van der Waals surface area contributed by atoms with Crippen molar-refractivity contribution in [2.24, 2.45) is 5.92 Å². The molecule has 1 fully saturated rings. The van der Waals surface area contributed by atoms with Crippen LogP contribution in [-0.4, -0.2) is 43.5 Å². The third-order valence-electron chi connectivity index (χ3n) is 3.64. The second kappa shape index (κ2) is 7.31. The van der Waals surface area contributed by atoms with Crippen LogP contribution in [0.15, 0.2) is 24.3 Å². The molecular weight excluding hydrogens is 292 g/mol. The molecule has 2 amide bonds. The maximum atomic E-state index is 12.1. The van der Waals surface area contributed by atoms with Crippen molar-refractivity contribution in [2.45, 2.75) is 12.8 Å². The summed E-state index contributed by atoms with van der Waals surface area (Å²) in [5.41, 5.74) is 0. The van der Waals surface area contributed by atoms with E-state index in [-0.39, 0.29) is 24.3 Å². The average Bonchev–Trinajstić information content (AvgIpc) is 2.53. The number of ether oxygens (including phenoxy) is 1. The number of piperidine rings is 1. The van der Waals surface area contributed by atoms with Gasteiger partial charge in [-0.1, -0.05) is 11.6 Å². The number of likely N-dealkylation sites (tertiary alicyclic amines) is 1. The van der Waals surface area contributed by atoms with Gasteiger partial charge in [0.15, 0.2) is 6.61 Å². The predicted molar refractivity (Wildman–Crippen MR) is 80.3 cm³/mol. The van der Waals surface area contributed by atoms with Crippen molar-refractivity contribution in [1.29, 1.82) is 0 Å². The van der Waals surface area contributed by atoms with Crippen LogP contribution in [0.5, 0.6) is 5.75 Å². The maximum absolute atomic E-state index is 12.1. The fraction of sp³-hybridized carbons (Fsp3) is 0.467. The zero-order chi connectivity index (χ0) is 15.2. The zero-order valence-corrected chi connectivity index (χ0v) is 12.7. The van der Waals surface area contributed by atoms with Crippen molar-refractivity contribution >= 4 is 23.4 Å². The van der Waals surface area contributed by atoms with Gasteiger partial charge in [0.1, 0.15) is 5.75 Å². The molecule has 0 spiro atoms. The van der Waals surface area contributed by atoms with Crippen LogP contribution >= 0.6 is 11.6 Å². The largest absolute Gasteiger partial charge is 0.484 e. The molecule has 114 valence electrons. The van der Waals surface area contributed by atoms with Crippen LogP contribution < -0.4 is 10.1 Å². The lowest BCUT2D eigenvalue weighted by Crippen LogP contribution is -2.44. The number of amides is 2. The Labute approximate surface area is 129 Å². The van der Waals surface area contributed by atoms with E-state index in [1.165, 1.54) is 0 Å². The molecule has 1 aromatic carbocycles. The molecule has 0 bridgehead atoms. The SMILES string of the molecule is CNC(=O)C1CCN(C(=O)COc2ccc(Cl)cc2)CC1. The van der Waals surface area contributed by atoms with E-state index in [1.807, 2.05) is 0 Å². The number of hydrogen-bond donors (Lipinski definition) is 1. The van der Waals surface area contributed by atoms with Crippen LogP contribution in [0.2, 0.25) is 5.02 Å². The van der Waals surface area contributed by atoms with Gasteiger partial charge in [-0.05, 0) is 37.1 Å². The minimum Gasteiger partial charge on any atom is -0.484 e. The summed E-state index contributed by atoms with van der Waals surface area (Å²) < 4.78 is 5.44. The Morgan fingerprint density at radius 2 is 1.90 bits per heavy atom. The lowest BCUT2D eigenvalue weighted by atomic mass is 9.96. The van der Waals surface area contributed by atoms with E-state index in [1.54, 1.807) is 36.2 Å². The molecule has 0 saturated carbocycles. The lowest BCUT2D eigenvalue weighted by molar-refractivity contribution is -0.137. The average molecular weight is 311 g/mol. The molecule has 0 aliphatic carbocycles. The smallest absolute Gasteiger partial charge is 0.260 e. The van der Waals surface area contributed by atoms with E-state index in [0.717, 1.165) is 0 Å². The first-order chi connectivity index (χ1) is 10.1. The second-order valence-electron chi connectivity index (χ2n) is 5.01. The first-order valence-electron chi connectivity index (χ1n) is 6.98. The Morgan fingerprint density at radius 1 is 1.29 bits per heavy atom. The minimum atomic E-state index is -0.0553. The van der Waals surface area contributed by atoms with E-state index in [2.05, 4.69) is 5.32 Å². The predicted octanol–water partition coefficient (Wildman–Crippen LogP) is 1.70. The van der Waals surface area contributed by atoms with Gasteiger partial charge in [0, 0.05) is 31.1 Å². The summed E-state index contributed by atoms with van der Waals surface area (Å²) in [5.74, 6) is 0.629. The van der Waals surface area contributed by atoms with Crippen molar-refractivity contribution in [1.82, 2.24) is 10.2 Å². The molecule has 2 rings (SSSR count). The molecule has 1 aromatic rings. The standard InChI is InChI=1S/C15H19ClN2O3/c1-17-15(20)11-6-8-18(9-7-11)14(19)10-21-13-4-2-12(16)3-5-13/h2-5,11H,6-10H2,1H3,(H,17,20). The third kappa shape index (κ3) is 4.36. The highest BCUT2D eigenvalue weighted by molar-refractivity contribution is 6.30. The highest BCUT2D eigenvalue weighted by atomic mass is 35.5. The van der Waals surface area contributed by atoms with Gasteiger partial charge in [0.05, 0.1) is 0 Å². The number of nitrogens with one attached hydrogen (secondary N) is 1. The number of halogens is 1. The van der Waals surface area contributed by atoms with E-state index >= 15 is 0 Å². The Hall–Kier alpha value is -1.75. The molecule has 0 unspecified atom stereocenters. The van der Waals surface area contributed by atoms with Crippen LogP contribution in [0.4, 0.5) is 0 Å². The van der Waals surface area contributed by atoms with Gasteiger partial charge in [-0.3, -0.25) is 9.59 Å².